The van der Waals surface area contributed by atoms with Gasteiger partial charge in [-0.2, -0.15) is 0 Å². The maximum absolute atomic E-state index is 10.2. The van der Waals surface area contributed by atoms with E-state index in [4.69, 9.17) is 5.11 Å². The average molecular weight is 211 g/mol. The molecule has 0 aromatic carbocycles. The first kappa shape index (κ1) is 12.2. The van der Waals surface area contributed by atoms with Crippen molar-refractivity contribution in [2.45, 2.75) is 38.5 Å². The molecule has 86 valence electrons. The minimum absolute atomic E-state index is 0.666. The summed E-state index contributed by atoms with van der Waals surface area (Å²) in [7, 11) is 0. The summed E-state index contributed by atoms with van der Waals surface area (Å²) < 4.78 is 0. The van der Waals surface area contributed by atoms with Crippen LogP contribution in [0.1, 0.15) is 38.5 Å². The summed E-state index contributed by atoms with van der Waals surface area (Å²) in [4.78, 5) is 10.2. The zero-order valence-electron chi connectivity index (χ0n) is 9.24. The Bertz CT molecular complexity index is 208. The van der Waals surface area contributed by atoms with Crippen molar-refractivity contribution in [1.82, 2.24) is 5.32 Å². The second kappa shape index (κ2) is 7.46. The van der Waals surface area contributed by atoms with Crippen molar-refractivity contribution in [3.8, 4) is 0 Å². The van der Waals surface area contributed by atoms with Gasteiger partial charge in [-0.1, -0.05) is 38.2 Å². The van der Waals surface area contributed by atoms with Crippen molar-refractivity contribution in [3.05, 3.63) is 12.2 Å². The summed E-state index contributed by atoms with van der Waals surface area (Å²) in [6, 6.07) is 0. The Morgan fingerprint density at radius 1 is 1.33 bits per heavy atom. The minimum Gasteiger partial charge on any atom is -0.478 e. The monoisotopic (exact) mass is 211 g/mol. The highest BCUT2D eigenvalue weighted by molar-refractivity contribution is 5.79. The molecule has 0 bridgehead atoms. The summed E-state index contributed by atoms with van der Waals surface area (Å²) in [5, 5.41) is 11.6. The maximum atomic E-state index is 10.2. The van der Waals surface area contributed by atoms with E-state index in [0.717, 1.165) is 12.5 Å². The fourth-order valence-corrected chi connectivity index (χ4v) is 2.13. The molecule has 2 N–H and O–H groups in total. The van der Waals surface area contributed by atoms with E-state index in [2.05, 4.69) is 5.32 Å². The molecule has 1 aliphatic rings. The number of carbonyl (C=O) groups is 1. The molecule has 15 heavy (non-hydrogen) atoms. The van der Waals surface area contributed by atoms with Crippen LogP contribution in [-0.4, -0.2) is 24.2 Å². The highest BCUT2D eigenvalue weighted by Crippen LogP contribution is 2.25. The molecule has 0 aliphatic heterocycles. The van der Waals surface area contributed by atoms with E-state index in [1.807, 2.05) is 0 Å². The van der Waals surface area contributed by atoms with E-state index in [1.54, 1.807) is 6.08 Å². The van der Waals surface area contributed by atoms with Crippen LogP contribution in [0.15, 0.2) is 12.2 Å². The van der Waals surface area contributed by atoms with Crippen LogP contribution in [0.4, 0.5) is 0 Å². The Morgan fingerprint density at radius 3 is 2.73 bits per heavy atom. The Balaban J connectivity index is 1.94. The van der Waals surface area contributed by atoms with Crippen LogP contribution in [0.2, 0.25) is 0 Å². The van der Waals surface area contributed by atoms with Crippen molar-refractivity contribution in [2.75, 3.05) is 13.1 Å². The number of carboxylic acid groups (broad SMARTS) is 1. The van der Waals surface area contributed by atoms with Crippen LogP contribution in [0.25, 0.3) is 0 Å². The molecule has 0 heterocycles. The predicted molar refractivity (Wildman–Crippen MR) is 60.8 cm³/mol. The van der Waals surface area contributed by atoms with Gasteiger partial charge in [0, 0.05) is 12.6 Å². The maximum Gasteiger partial charge on any atom is 0.328 e. The topological polar surface area (TPSA) is 49.3 Å². The minimum atomic E-state index is -0.871. The number of aliphatic carboxylic acids is 1. The molecule has 0 spiro atoms. The van der Waals surface area contributed by atoms with Crippen LogP contribution in [0.5, 0.6) is 0 Å². The van der Waals surface area contributed by atoms with Gasteiger partial charge in [0.25, 0.3) is 0 Å². The van der Waals surface area contributed by atoms with Gasteiger partial charge in [0.2, 0.25) is 0 Å². The summed E-state index contributed by atoms with van der Waals surface area (Å²) in [6.45, 7) is 1.67. The van der Waals surface area contributed by atoms with E-state index < -0.39 is 5.97 Å². The molecule has 0 unspecified atom stereocenters. The largest absolute Gasteiger partial charge is 0.478 e. The van der Waals surface area contributed by atoms with E-state index >= 15 is 0 Å². The van der Waals surface area contributed by atoms with E-state index in [-0.39, 0.29) is 0 Å². The Morgan fingerprint density at radius 2 is 2.07 bits per heavy atom. The third kappa shape index (κ3) is 6.28. The molecular weight excluding hydrogens is 190 g/mol. The van der Waals surface area contributed by atoms with Crippen molar-refractivity contribution >= 4 is 5.97 Å². The van der Waals surface area contributed by atoms with Gasteiger partial charge >= 0.3 is 5.97 Å². The van der Waals surface area contributed by atoms with Gasteiger partial charge in [0.15, 0.2) is 0 Å². The molecule has 3 nitrogen and oxygen atoms in total. The third-order valence-electron chi connectivity index (χ3n) is 2.98. The zero-order chi connectivity index (χ0) is 10.9. The number of carboxylic acids is 1. The third-order valence-corrected chi connectivity index (χ3v) is 2.98. The Hall–Kier alpha value is -0.830. The highest BCUT2D eigenvalue weighted by atomic mass is 16.4. The lowest BCUT2D eigenvalue weighted by Gasteiger charge is -2.21. The molecule has 0 atom stereocenters. The van der Waals surface area contributed by atoms with Crippen LogP contribution < -0.4 is 5.32 Å². The highest BCUT2D eigenvalue weighted by Gasteiger charge is 2.11. The molecule has 0 amide bonds. The number of hydrogen-bond acceptors (Lipinski definition) is 2. The van der Waals surface area contributed by atoms with Crippen molar-refractivity contribution in [3.63, 3.8) is 0 Å². The number of nitrogens with one attached hydrogen (secondary N) is 1. The van der Waals surface area contributed by atoms with Gasteiger partial charge in [0.05, 0.1) is 0 Å². The van der Waals surface area contributed by atoms with Gasteiger partial charge in [-0.25, -0.2) is 4.79 Å². The molecule has 0 aromatic heterocycles. The molecule has 0 saturated heterocycles. The lowest BCUT2D eigenvalue weighted by atomic mass is 9.87. The van der Waals surface area contributed by atoms with Crippen LogP contribution >= 0.6 is 0 Å². The molecule has 1 rings (SSSR count). The smallest absolute Gasteiger partial charge is 0.328 e. The molecule has 1 aliphatic carbocycles. The summed E-state index contributed by atoms with van der Waals surface area (Å²) in [6.07, 6.45) is 11.0. The van der Waals surface area contributed by atoms with E-state index in [9.17, 15) is 4.79 Å². The van der Waals surface area contributed by atoms with Crippen LogP contribution in [0, 0.1) is 5.92 Å². The summed E-state index contributed by atoms with van der Waals surface area (Å²) >= 11 is 0. The molecule has 0 aromatic rings. The first-order valence-electron chi connectivity index (χ1n) is 5.89. The SMILES string of the molecule is O=C(O)/C=C/CNCCC1CCCCC1. The van der Waals surface area contributed by atoms with Gasteiger partial charge in [0.1, 0.15) is 0 Å². The summed E-state index contributed by atoms with van der Waals surface area (Å²) in [5.41, 5.74) is 0. The molecule has 1 fully saturated rings. The lowest BCUT2D eigenvalue weighted by Crippen LogP contribution is -2.19. The quantitative estimate of drug-likeness (QED) is 0.523. The van der Waals surface area contributed by atoms with Crippen molar-refractivity contribution in [1.29, 1.82) is 0 Å². The zero-order valence-corrected chi connectivity index (χ0v) is 9.24. The normalized spacial score (nSPS) is 18.4. The van der Waals surface area contributed by atoms with Gasteiger partial charge in [-0.15, -0.1) is 0 Å². The van der Waals surface area contributed by atoms with Gasteiger partial charge in [-0.3, -0.25) is 0 Å². The Kier molecular flexibility index (Phi) is 6.09. The van der Waals surface area contributed by atoms with E-state index in [0.29, 0.717) is 6.54 Å². The fourth-order valence-electron chi connectivity index (χ4n) is 2.13. The van der Waals surface area contributed by atoms with Crippen LogP contribution in [0.3, 0.4) is 0 Å². The van der Waals surface area contributed by atoms with Crippen molar-refractivity contribution < 1.29 is 9.90 Å². The van der Waals surface area contributed by atoms with Gasteiger partial charge < -0.3 is 10.4 Å². The lowest BCUT2D eigenvalue weighted by molar-refractivity contribution is -0.131. The van der Waals surface area contributed by atoms with Crippen LogP contribution in [-0.2, 0) is 4.79 Å². The number of hydrogen-bond donors (Lipinski definition) is 2. The van der Waals surface area contributed by atoms with Gasteiger partial charge in [-0.05, 0) is 18.9 Å². The summed E-state index contributed by atoms with van der Waals surface area (Å²) in [5.74, 6) is 0.0267. The molecule has 0 radical (unpaired) electrons. The average Bonchev–Trinajstić information content (AvgIpc) is 2.24. The first-order valence-corrected chi connectivity index (χ1v) is 5.89. The molecule has 3 heteroatoms. The van der Waals surface area contributed by atoms with Crippen molar-refractivity contribution in [2.24, 2.45) is 5.92 Å². The standard InChI is InChI=1S/C12H21NO2/c14-12(15)7-4-9-13-10-8-11-5-2-1-3-6-11/h4,7,11,13H,1-3,5-6,8-10H2,(H,14,15)/b7-4+. The second-order valence-electron chi connectivity index (χ2n) is 4.24. The number of rotatable bonds is 6. The predicted octanol–water partition coefficient (Wildman–Crippen LogP) is 2.19. The second-order valence-corrected chi connectivity index (χ2v) is 4.24. The fraction of sp³-hybridized carbons (Fsp3) is 0.750. The van der Waals surface area contributed by atoms with E-state index in [1.165, 1.54) is 44.6 Å². The Labute approximate surface area is 91.6 Å². The first-order chi connectivity index (χ1) is 7.29. The molecule has 1 saturated carbocycles. The molecular formula is C12H21NO2.